The van der Waals surface area contributed by atoms with Gasteiger partial charge in [0.25, 0.3) is 0 Å². The summed E-state index contributed by atoms with van der Waals surface area (Å²) in [4.78, 5) is 24.9. The SMILES string of the molecule is C=Nc1cc(NC2CCN(C(C)=O)CC2)ncn1. The minimum atomic E-state index is 0.147. The van der Waals surface area contributed by atoms with Gasteiger partial charge in [0.1, 0.15) is 12.1 Å². The van der Waals surface area contributed by atoms with Gasteiger partial charge < -0.3 is 10.2 Å². The van der Waals surface area contributed by atoms with Crippen LogP contribution in [0.1, 0.15) is 19.8 Å². The van der Waals surface area contributed by atoms with Crippen molar-refractivity contribution >= 4 is 24.3 Å². The summed E-state index contributed by atoms with van der Waals surface area (Å²) in [5, 5.41) is 3.34. The summed E-state index contributed by atoms with van der Waals surface area (Å²) in [6.45, 7) is 6.64. The van der Waals surface area contributed by atoms with Gasteiger partial charge in [-0.3, -0.25) is 4.79 Å². The lowest BCUT2D eigenvalue weighted by molar-refractivity contribution is -0.129. The van der Waals surface area contributed by atoms with E-state index in [1.165, 1.54) is 6.33 Å². The number of carbonyl (C=O) groups is 1. The number of hydrogen-bond acceptors (Lipinski definition) is 5. The number of aromatic nitrogens is 2. The van der Waals surface area contributed by atoms with Gasteiger partial charge in [0, 0.05) is 32.1 Å². The first-order chi connectivity index (χ1) is 8.69. The van der Waals surface area contributed by atoms with Crippen molar-refractivity contribution in [1.82, 2.24) is 14.9 Å². The van der Waals surface area contributed by atoms with Crippen molar-refractivity contribution in [2.24, 2.45) is 4.99 Å². The minimum absolute atomic E-state index is 0.147. The fourth-order valence-electron chi connectivity index (χ4n) is 2.06. The molecule has 1 aliphatic rings. The molecule has 6 heteroatoms. The summed E-state index contributed by atoms with van der Waals surface area (Å²) in [6, 6.07) is 2.11. The highest BCUT2D eigenvalue weighted by Crippen LogP contribution is 2.17. The lowest BCUT2D eigenvalue weighted by Crippen LogP contribution is -2.41. The quantitative estimate of drug-likeness (QED) is 0.816. The number of rotatable bonds is 3. The third-order valence-corrected chi connectivity index (χ3v) is 3.11. The van der Waals surface area contributed by atoms with Crippen molar-refractivity contribution in [3.8, 4) is 0 Å². The second kappa shape index (κ2) is 5.57. The van der Waals surface area contributed by atoms with Gasteiger partial charge >= 0.3 is 0 Å². The zero-order chi connectivity index (χ0) is 13.0. The molecule has 2 heterocycles. The molecule has 0 saturated carbocycles. The number of likely N-dealkylation sites (tertiary alicyclic amines) is 1. The smallest absolute Gasteiger partial charge is 0.219 e. The average molecular weight is 247 g/mol. The largest absolute Gasteiger partial charge is 0.367 e. The Hall–Kier alpha value is -1.98. The standard InChI is InChI=1S/C12H17N5O/c1-9(18)17-5-3-10(4-6-17)16-12-7-11(13-2)14-8-15-12/h7-8,10H,2-6H2,1H3,(H,14,15,16). The molecule has 96 valence electrons. The van der Waals surface area contributed by atoms with E-state index in [-0.39, 0.29) is 5.91 Å². The van der Waals surface area contributed by atoms with Crippen LogP contribution in [0.4, 0.5) is 11.6 Å². The molecule has 0 aliphatic carbocycles. The fourth-order valence-corrected chi connectivity index (χ4v) is 2.06. The summed E-state index contributed by atoms with van der Waals surface area (Å²) >= 11 is 0. The predicted octanol–water partition coefficient (Wildman–Crippen LogP) is 1.23. The number of piperidine rings is 1. The maximum Gasteiger partial charge on any atom is 0.219 e. The van der Waals surface area contributed by atoms with Crippen molar-refractivity contribution in [3.05, 3.63) is 12.4 Å². The van der Waals surface area contributed by atoms with Gasteiger partial charge in [-0.15, -0.1) is 0 Å². The molecule has 2 rings (SSSR count). The van der Waals surface area contributed by atoms with Crippen LogP contribution in [0.5, 0.6) is 0 Å². The maximum atomic E-state index is 11.2. The number of nitrogens with one attached hydrogen (secondary N) is 1. The van der Waals surface area contributed by atoms with Gasteiger partial charge in [-0.25, -0.2) is 15.0 Å². The first-order valence-corrected chi connectivity index (χ1v) is 6.00. The van der Waals surface area contributed by atoms with Crippen LogP contribution < -0.4 is 5.32 Å². The van der Waals surface area contributed by atoms with E-state index in [0.717, 1.165) is 31.7 Å². The highest BCUT2D eigenvalue weighted by molar-refractivity contribution is 5.73. The number of anilines is 1. The van der Waals surface area contributed by atoms with Crippen molar-refractivity contribution < 1.29 is 4.79 Å². The van der Waals surface area contributed by atoms with Crippen molar-refractivity contribution in [2.45, 2.75) is 25.8 Å². The van der Waals surface area contributed by atoms with Crippen LogP contribution in [0, 0.1) is 0 Å². The monoisotopic (exact) mass is 247 g/mol. The Bertz CT molecular complexity index is 440. The lowest BCUT2D eigenvalue weighted by atomic mass is 10.1. The molecule has 18 heavy (non-hydrogen) atoms. The second-order valence-corrected chi connectivity index (χ2v) is 4.34. The minimum Gasteiger partial charge on any atom is -0.367 e. The molecule has 1 aliphatic heterocycles. The Morgan fingerprint density at radius 1 is 1.50 bits per heavy atom. The van der Waals surface area contributed by atoms with Gasteiger partial charge in [0.05, 0.1) is 0 Å². The Kier molecular flexibility index (Phi) is 3.86. The number of amides is 1. The van der Waals surface area contributed by atoms with Crippen LogP contribution >= 0.6 is 0 Å². The third kappa shape index (κ3) is 3.03. The molecule has 1 saturated heterocycles. The first kappa shape index (κ1) is 12.5. The molecule has 0 aromatic carbocycles. The van der Waals surface area contributed by atoms with E-state index >= 15 is 0 Å². The van der Waals surface area contributed by atoms with Crippen LogP contribution in [0.25, 0.3) is 0 Å². The Morgan fingerprint density at radius 2 is 2.22 bits per heavy atom. The third-order valence-electron chi connectivity index (χ3n) is 3.11. The van der Waals surface area contributed by atoms with Crippen LogP contribution in [0.3, 0.4) is 0 Å². The van der Waals surface area contributed by atoms with E-state index in [0.29, 0.717) is 11.9 Å². The Morgan fingerprint density at radius 3 is 2.83 bits per heavy atom. The summed E-state index contributed by atoms with van der Waals surface area (Å²) in [5.41, 5.74) is 0. The summed E-state index contributed by atoms with van der Waals surface area (Å²) in [7, 11) is 0. The van der Waals surface area contributed by atoms with Gasteiger partial charge in [-0.05, 0) is 19.6 Å². The molecule has 1 fully saturated rings. The van der Waals surface area contributed by atoms with E-state index in [2.05, 4.69) is 27.0 Å². The van der Waals surface area contributed by atoms with Gasteiger partial charge in [0.2, 0.25) is 5.91 Å². The first-order valence-electron chi connectivity index (χ1n) is 6.00. The van der Waals surface area contributed by atoms with Gasteiger partial charge in [-0.1, -0.05) is 0 Å². The molecular weight excluding hydrogens is 230 g/mol. The molecule has 0 unspecified atom stereocenters. The van der Waals surface area contributed by atoms with E-state index in [1.807, 2.05) is 4.90 Å². The molecule has 1 amide bonds. The number of hydrogen-bond donors (Lipinski definition) is 1. The van der Waals surface area contributed by atoms with Crippen LogP contribution in [0.15, 0.2) is 17.4 Å². The van der Waals surface area contributed by atoms with E-state index < -0.39 is 0 Å². The van der Waals surface area contributed by atoms with E-state index in [4.69, 9.17) is 0 Å². The number of nitrogens with zero attached hydrogens (tertiary/aromatic N) is 4. The second-order valence-electron chi connectivity index (χ2n) is 4.34. The molecule has 1 aromatic rings. The molecule has 0 bridgehead atoms. The van der Waals surface area contributed by atoms with E-state index in [1.54, 1.807) is 13.0 Å². The topological polar surface area (TPSA) is 70.5 Å². The molecular formula is C12H17N5O. The zero-order valence-corrected chi connectivity index (χ0v) is 10.5. The molecule has 0 radical (unpaired) electrons. The van der Waals surface area contributed by atoms with Crippen LogP contribution in [-0.2, 0) is 4.79 Å². The highest BCUT2D eigenvalue weighted by atomic mass is 16.2. The molecule has 6 nitrogen and oxygen atoms in total. The molecule has 1 N–H and O–H groups in total. The summed E-state index contributed by atoms with van der Waals surface area (Å²) in [6.07, 6.45) is 3.33. The Balaban J connectivity index is 1.91. The van der Waals surface area contributed by atoms with Gasteiger partial charge in [-0.2, -0.15) is 0 Å². The number of carbonyl (C=O) groups excluding carboxylic acids is 1. The molecule has 0 atom stereocenters. The molecule has 1 aromatic heterocycles. The lowest BCUT2D eigenvalue weighted by Gasteiger charge is -2.31. The maximum absolute atomic E-state index is 11.2. The number of aliphatic imine (C=N–C) groups is 1. The molecule has 0 spiro atoms. The van der Waals surface area contributed by atoms with Crippen molar-refractivity contribution in [1.29, 1.82) is 0 Å². The van der Waals surface area contributed by atoms with E-state index in [9.17, 15) is 4.79 Å². The van der Waals surface area contributed by atoms with Crippen molar-refractivity contribution in [3.63, 3.8) is 0 Å². The predicted molar refractivity (Wildman–Crippen MR) is 70.1 cm³/mol. The average Bonchev–Trinajstić information content (AvgIpc) is 2.39. The van der Waals surface area contributed by atoms with Crippen molar-refractivity contribution in [2.75, 3.05) is 18.4 Å². The van der Waals surface area contributed by atoms with Crippen LogP contribution in [-0.4, -0.2) is 46.6 Å². The summed E-state index contributed by atoms with van der Waals surface area (Å²) in [5.74, 6) is 1.47. The van der Waals surface area contributed by atoms with Gasteiger partial charge in [0.15, 0.2) is 5.82 Å². The zero-order valence-electron chi connectivity index (χ0n) is 10.5. The summed E-state index contributed by atoms with van der Waals surface area (Å²) < 4.78 is 0. The highest BCUT2D eigenvalue weighted by Gasteiger charge is 2.20. The fraction of sp³-hybridized carbons (Fsp3) is 0.500. The van der Waals surface area contributed by atoms with Crippen LogP contribution in [0.2, 0.25) is 0 Å². The normalized spacial score (nSPS) is 16.4. The Labute approximate surface area is 106 Å².